The minimum Gasteiger partial charge on any atom is -0.508 e. The lowest BCUT2D eigenvalue weighted by Gasteiger charge is -2.31. The second kappa shape index (κ2) is 2.74. The van der Waals surface area contributed by atoms with Crippen LogP contribution < -0.4 is 5.32 Å². The molecule has 0 unspecified atom stereocenters. The summed E-state index contributed by atoms with van der Waals surface area (Å²) in [5, 5.41) is 12.1. The van der Waals surface area contributed by atoms with E-state index < -0.39 is 0 Å². The van der Waals surface area contributed by atoms with Gasteiger partial charge >= 0.3 is 0 Å². The van der Waals surface area contributed by atoms with Crippen LogP contribution in [0, 0.1) is 0 Å². The molecule has 1 heterocycles. The topological polar surface area (TPSA) is 49.3 Å². The second-order valence-electron chi connectivity index (χ2n) is 4.34. The van der Waals surface area contributed by atoms with Crippen LogP contribution in [0.25, 0.3) is 0 Å². The molecule has 0 aromatic heterocycles. The number of anilines is 1. The largest absolute Gasteiger partial charge is 0.508 e. The molecule has 1 aromatic rings. The number of fused-ring (bicyclic) bond motifs is 1. The summed E-state index contributed by atoms with van der Waals surface area (Å²) in [6.45, 7) is 4.06. The van der Waals surface area contributed by atoms with Crippen LogP contribution in [0.3, 0.4) is 0 Å². The highest BCUT2D eigenvalue weighted by atomic mass is 16.3. The molecule has 2 N–H and O–H groups in total. The van der Waals surface area contributed by atoms with Gasteiger partial charge in [0, 0.05) is 23.6 Å². The van der Waals surface area contributed by atoms with Crippen molar-refractivity contribution in [1.82, 2.24) is 0 Å². The molecule has 1 amide bonds. The van der Waals surface area contributed by atoms with E-state index in [1.165, 1.54) is 0 Å². The first-order valence-corrected chi connectivity index (χ1v) is 4.62. The predicted octanol–water partition coefficient (Wildman–Crippen LogP) is 2.01. The molecular weight excluding hydrogens is 178 g/mol. The Kier molecular flexibility index (Phi) is 1.77. The van der Waals surface area contributed by atoms with Crippen molar-refractivity contribution >= 4 is 11.6 Å². The third-order valence-electron chi connectivity index (χ3n) is 2.61. The van der Waals surface area contributed by atoms with Gasteiger partial charge in [-0.1, -0.05) is 19.9 Å². The van der Waals surface area contributed by atoms with Crippen molar-refractivity contribution in [2.75, 3.05) is 5.32 Å². The maximum Gasteiger partial charge on any atom is 0.225 e. The molecule has 1 aliphatic heterocycles. The predicted molar refractivity (Wildman–Crippen MR) is 54.4 cm³/mol. The summed E-state index contributed by atoms with van der Waals surface area (Å²) in [6, 6.07) is 5.11. The molecule has 0 fully saturated rings. The van der Waals surface area contributed by atoms with Gasteiger partial charge < -0.3 is 10.4 Å². The zero-order valence-corrected chi connectivity index (χ0v) is 8.29. The van der Waals surface area contributed by atoms with E-state index in [0.29, 0.717) is 6.42 Å². The number of benzene rings is 1. The molecule has 2 rings (SSSR count). The van der Waals surface area contributed by atoms with E-state index in [1.807, 2.05) is 19.9 Å². The molecule has 0 atom stereocenters. The van der Waals surface area contributed by atoms with Crippen molar-refractivity contribution in [2.45, 2.75) is 25.7 Å². The van der Waals surface area contributed by atoms with E-state index in [4.69, 9.17) is 0 Å². The third kappa shape index (κ3) is 1.35. The van der Waals surface area contributed by atoms with Crippen LogP contribution in [0.4, 0.5) is 5.69 Å². The molecule has 3 heteroatoms. The minimum absolute atomic E-state index is 0.00750. The maximum atomic E-state index is 11.4. The molecule has 0 spiro atoms. The fraction of sp³-hybridized carbons (Fsp3) is 0.364. The average molecular weight is 191 g/mol. The lowest BCUT2D eigenvalue weighted by Crippen LogP contribution is -2.32. The molecule has 0 radical (unpaired) electrons. The van der Waals surface area contributed by atoms with E-state index in [2.05, 4.69) is 5.32 Å². The number of phenols is 1. The lowest BCUT2D eigenvalue weighted by atomic mass is 9.78. The molecular formula is C11H13NO2. The van der Waals surface area contributed by atoms with E-state index >= 15 is 0 Å². The van der Waals surface area contributed by atoms with Crippen LogP contribution in [0.2, 0.25) is 0 Å². The third-order valence-corrected chi connectivity index (χ3v) is 2.61. The van der Waals surface area contributed by atoms with Crippen molar-refractivity contribution in [3.8, 4) is 5.75 Å². The molecule has 0 aliphatic carbocycles. The first-order chi connectivity index (χ1) is 6.49. The van der Waals surface area contributed by atoms with Gasteiger partial charge in [-0.05, 0) is 11.6 Å². The Balaban J connectivity index is 2.57. The number of hydrogen-bond acceptors (Lipinski definition) is 2. The second-order valence-corrected chi connectivity index (χ2v) is 4.34. The number of hydrogen-bond donors (Lipinski definition) is 2. The number of aromatic hydroxyl groups is 1. The van der Waals surface area contributed by atoms with Crippen molar-refractivity contribution in [2.24, 2.45) is 0 Å². The smallest absolute Gasteiger partial charge is 0.225 e. The van der Waals surface area contributed by atoms with Gasteiger partial charge in [0.1, 0.15) is 5.75 Å². The van der Waals surface area contributed by atoms with E-state index in [0.717, 1.165) is 11.3 Å². The Morgan fingerprint density at radius 3 is 2.86 bits per heavy atom. The fourth-order valence-corrected chi connectivity index (χ4v) is 1.92. The zero-order valence-electron chi connectivity index (χ0n) is 8.29. The van der Waals surface area contributed by atoms with Crippen LogP contribution in [0.1, 0.15) is 25.8 Å². The molecule has 3 nitrogen and oxygen atoms in total. The molecule has 0 bridgehead atoms. The summed E-state index contributed by atoms with van der Waals surface area (Å²) < 4.78 is 0. The maximum absolute atomic E-state index is 11.4. The minimum atomic E-state index is -0.147. The highest BCUT2D eigenvalue weighted by Gasteiger charge is 2.31. The van der Waals surface area contributed by atoms with Crippen molar-refractivity contribution in [3.63, 3.8) is 0 Å². The first-order valence-electron chi connectivity index (χ1n) is 4.62. The highest BCUT2D eigenvalue weighted by Crippen LogP contribution is 2.38. The summed E-state index contributed by atoms with van der Waals surface area (Å²) >= 11 is 0. The van der Waals surface area contributed by atoms with E-state index in [1.54, 1.807) is 12.1 Å². The number of phenolic OH excluding ortho intramolecular Hbond substituents is 1. The highest BCUT2D eigenvalue weighted by molar-refractivity contribution is 5.95. The molecule has 0 saturated heterocycles. The quantitative estimate of drug-likeness (QED) is 0.659. The van der Waals surface area contributed by atoms with E-state index in [9.17, 15) is 9.90 Å². The number of nitrogens with one attached hydrogen (secondary N) is 1. The van der Waals surface area contributed by atoms with Crippen LogP contribution in [-0.4, -0.2) is 11.0 Å². The first kappa shape index (κ1) is 9.06. The molecule has 14 heavy (non-hydrogen) atoms. The van der Waals surface area contributed by atoms with Crippen LogP contribution in [0.15, 0.2) is 18.2 Å². The zero-order chi connectivity index (χ0) is 10.3. The Bertz CT molecular complexity index is 396. The van der Waals surface area contributed by atoms with Crippen molar-refractivity contribution in [1.29, 1.82) is 0 Å². The summed E-state index contributed by atoms with van der Waals surface area (Å²) in [5.41, 5.74) is 1.66. The summed E-state index contributed by atoms with van der Waals surface area (Å²) in [4.78, 5) is 11.4. The van der Waals surface area contributed by atoms with Gasteiger partial charge in [0.05, 0.1) is 0 Å². The Hall–Kier alpha value is -1.51. The summed E-state index contributed by atoms with van der Waals surface area (Å²) in [7, 11) is 0. The summed E-state index contributed by atoms with van der Waals surface area (Å²) in [6.07, 6.45) is 0.491. The van der Waals surface area contributed by atoms with Crippen molar-refractivity contribution in [3.05, 3.63) is 23.8 Å². The van der Waals surface area contributed by atoms with Gasteiger partial charge in [-0.15, -0.1) is 0 Å². The number of rotatable bonds is 0. The molecule has 74 valence electrons. The number of carbonyl (C=O) groups is 1. The number of amides is 1. The van der Waals surface area contributed by atoms with Gasteiger partial charge in [0.25, 0.3) is 0 Å². The van der Waals surface area contributed by atoms with Crippen LogP contribution >= 0.6 is 0 Å². The standard InChI is InChI=1S/C11H13NO2/c1-11(2)6-10(14)12-9-5-7(13)3-4-8(9)11/h3-5,13H,6H2,1-2H3,(H,12,14). The SMILES string of the molecule is CC1(C)CC(=O)Nc2cc(O)ccc21. The average Bonchev–Trinajstić information content (AvgIpc) is 2.00. The lowest BCUT2D eigenvalue weighted by molar-refractivity contribution is -0.117. The summed E-state index contributed by atoms with van der Waals surface area (Å²) in [5.74, 6) is 0.190. The Morgan fingerprint density at radius 1 is 1.43 bits per heavy atom. The van der Waals surface area contributed by atoms with Gasteiger partial charge in [0.15, 0.2) is 0 Å². The molecule has 0 saturated carbocycles. The Labute approximate surface area is 82.8 Å². The fourth-order valence-electron chi connectivity index (χ4n) is 1.92. The molecule has 1 aromatic carbocycles. The van der Waals surface area contributed by atoms with Crippen LogP contribution in [0.5, 0.6) is 5.75 Å². The van der Waals surface area contributed by atoms with Crippen molar-refractivity contribution < 1.29 is 9.90 Å². The Morgan fingerprint density at radius 2 is 2.14 bits per heavy atom. The van der Waals surface area contributed by atoms with Gasteiger partial charge in [-0.3, -0.25) is 4.79 Å². The number of carbonyl (C=O) groups excluding carboxylic acids is 1. The normalized spacial score (nSPS) is 18.6. The van der Waals surface area contributed by atoms with Gasteiger partial charge in [-0.2, -0.15) is 0 Å². The van der Waals surface area contributed by atoms with E-state index in [-0.39, 0.29) is 17.1 Å². The molecule has 1 aliphatic rings. The van der Waals surface area contributed by atoms with Gasteiger partial charge in [-0.25, -0.2) is 0 Å². The van der Waals surface area contributed by atoms with Gasteiger partial charge in [0.2, 0.25) is 5.91 Å². The monoisotopic (exact) mass is 191 g/mol. The van der Waals surface area contributed by atoms with Crippen LogP contribution in [-0.2, 0) is 10.2 Å².